The number of amides is 4. The predicted octanol–water partition coefficient (Wildman–Crippen LogP) is 2.98. The molecular formula is C24H27N3O3. The molecule has 2 fully saturated rings. The first kappa shape index (κ1) is 20.1. The van der Waals surface area contributed by atoms with Gasteiger partial charge in [-0.2, -0.15) is 0 Å². The molecule has 2 aromatic rings. The number of carbonyl (C=O) groups excluding carboxylic acids is 3. The van der Waals surface area contributed by atoms with Crippen molar-refractivity contribution in [3.8, 4) is 0 Å². The average Bonchev–Trinajstić information content (AvgIpc) is 3.57. The molecule has 0 bridgehead atoms. The standard InChI is InChI=1S/C24H27N3O3/c1-17(20-12-13-20)26(15-19-10-6-3-7-11-19)22(28)16-27-23(29)21(25-24(27)30)14-18-8-4-2-5-9-18/h2-11,17,20-21H,12-16H2,1H3,(H,25,30). The fraction of sp³-hybridized carbons (Fsp3) is 0.375. The number of nitrogens with zero attached hydrogens (tertiary/aromatic N) is 2. The number of carbonyl (C=O) groups is 3. The molecule has 2 aliphatic rings. The Balaban J connectivity index is 1.44. The van der Waals surface area contributed by atoms with Crippen LogP contribution in [0.2, 0.25) is 0 Å². The minimum absolute atomic E-state index is 0.0820. The van der Waals surface area contributed by atoms with Gasteiger partial charge in [-0.05, 0) is 36.8 Å². The summed E-state index contributed by atoms with van der Waals surface area (Å²) in [6.07, 6.45) is 2.65. The number of nitrogens with one attached hydrogen (secondary N) is 1. The second kappa shape index (κ2) is 8.69. The lowest BCUT2D eigenvalue weighted by Gasteiger charge is -2.30. The van der Waals surface area contributed by atoms with E-state index < -0.39 is 12.1 Å². The van der Waals surface area contributed by atoms with E-state index in [1.54, 1.807) is 0 Å². The monoisotopic (exact) mass is 405 g/mol. The average molecular weight is 405 g/mol. The van der Waals surface area contributed by atoms with Gasteiger partial charge in [-0.1, -0.05) is 60.7 Å². The Labute approximate surface area is 176 Å². The van der Waals surface area contributed by atoms with Crippen molar-refractivity contribution in [3.05, 3.63) is 71.8 Å². The van der Waals surface area contributed by atoms with Gasteiger partial charge in [0.1, 0.15) is 12.6 Å². The van der Waals surface area contributed by atoms with Gasteiger partial charge in [-0.3, -0.25) is 14.5 Å². The molecule has 0 aromatic heterocycles. The van der Waals surface area contributed by atoms with Crippen molar-refractivity contribution in [2.45, 2.75) is 44.8 Å². The molecule has 6 heteroatoms. The second-order valence-electron chi connectivity index (χ2n) is 8.20. The Kier molecular flexibility index (Phi) is 5.84. The molecule has 1 aliphatic carbocycles. The van der Waals surface area contributed by atoms with Crippen molar-refractivity contribution < 1.29 is 14.4 Å². The van der Waals surface area contributed by atoms with Crippen LogP contribution in [-0.2, 0) is 22.6 Å². The zero-order valence-electron chi connectivity index (χ0n) is 17.2. The summed E-state index contributed by atoms with van der Waals surface area (Å²) in [5.41, 5.74) is 2.01. The summed E-state index contributed by atoms with van der Waals surface area (Å²) in [6.45, 7) is 2.32. The minimum atomic E-state index is -0.629. The Bertz CT molecular complexity index is 912. The van der Waals surface area contributed by atoms with E-state index in [4.69, 9.17) is 0 Å². The highest BCUT2D eigenvalue weighted by molar-refractivity contribution is 6.06. The van der Waals surface area contributed by atoms with Gasteiger partial charge in [-0.25, -0.2) is 4.79 Å². The lowest BCUT2D eigenvalue weighted by molar-refractivity contribution is -0.139. The van der Waals surface area contributed by atoms with Gasteiger partial charge < -0.3 is 10.2 Å². The molecule has 1 saturated heterocycles. The van der Waals surface area contributed by atoms with E-state index in [0.717, 1.165) is 28.9 Å². The maximum atomic E-state index is 13.2. The molecule has 2 atom stereocenters. The number of benzene rings is 2. The second-order valence-corrected chi connectivity index (χ2v) is 8.20. The zero-order valence-corrected chi connectivity index (χ0v) is 17.2. The van der Waals surface area contributed by atoms with Gasteiger partial charge in [0.2, 0.25) is 5.91 Å². The largest absolute Gasteiger partial charge is 0.334 e. The van der Waals surface area contributed by atoms with Crippen LogP contribution in [0.5, 0.6) is 0 Å². The van der Waals surface area contributed by atoms with Crippen molar-refractivity contribution >= 4 is 17.8 Å². The van der Waals surface area contributed by atoms with Crippen LogP contribution < -0.4 is 5.32 Å². The lowest BCUT2D eigenvalue weighted by atomic mass is 10.1. The fourth-order valence-electron chi connectivity index (χ4n) is 4.01. The van der Waals surface area contributed by atoms with Gasteiger partial charge >= 0.3 is 6.03 Å². The molecular weight excluding hydrogens is 378 g/mol. The van der Waals surface area contributed by atoms with Crippen LogP contribution in [-0.4, -0.2) is 46.3 Å². The van der Waals surface area contributed by atoms with Gasteiger partial charge in [0.25, 0.3) is 5.91 Å². The zero-order chi connectivity index (χ0) is 21.1. The Hall–Kier alpha value is -3.15. The van der Waals surface area contributed by atoms with E-state index in [9.17, 15) is 14.4 Å². The molecule has 30 heavy (non-hydrogen) atoms. The first-order valence-electron chi connectivity index (χ1n) is 10.5. The summed E-state index contributed by atoms with van der Waals surface area (Å²) in [6, 6.07) is 18.3. The molecule has 1 heterocycles. The van der Waals surface area contributed by atoms with E-state index in [1.165, 1.54) is 0 Å². The molecule has 0 spiro atoms. The maximum Gasteiger partial charge on any atom is 0.325 e. The van der Waals surface area contributed by atoms with Gasteiger partial charge in [0.05, 0.1) is 0 Å². The molecule has 1 N–H and O–H groups in total. The van der Waals surface area contributed by atoms with Crippen LogP contribution in [0.4, 0.5) is 4.79 Å². The Morgan fingerprint density at radius 1 is 1.03 bits per heavy atom. The summed E-state index contributed by atoms with van der Waals surface area (Å²) in [7, 11) is 0. The smallest absolute Gasteiger partial charge is 0.325 e. The number of urea groups is 1. The van der Waals surface area contributed by atoms with Crippen molar-refractivity contribution in [1.82, 2.24) is 15.1 Å². The molecule has 4 rings (SSSR count). The molecule has 2 unspecified atom stereocenters. The first-order chi connectivity index (χ1) is 14.5. The van der Waals surface area contributed by atoms with Crippen LogP contribution in [0.1, 0.15) is 30.9 Å². The SMILES string of the molecule is CC(C1CC1)N(Cc1ccccc1)C(=O)CN1C(=O)NC(Cc2ccccc2)C1=O. The van der Waals surface area contributed by atoms with Gasteiger partial charge in [0, 0.05) is 19.0 Å². The summed E-state index contributed by atoms with van der Waals surface area (Å²) in [5, 5.41) is 2.73. The van der Waals surface area contributed by atoms with Gasteiger partial charge in [-0.15, -0.1) is 0 Å². The molecule has 4 amide bonds. The van der Waals surface area contributed by atoms with Crippen molar-refractivity contribution in [2.75, 3.05) is 6.54 Å². The highest BCUT2D eigenvalue weighted by Crippen LogP contribution is 2.35. The molecule has 2 aromatic carbocycles. The topological polar surface area (TPSA) is 69.7 Å². The third kappa shape index (κ3) is 4.53. The van der Waals surface area contributed by atoms with Crippen molar-refractivity contribution in [3.63, 3.8) is 0 Å². The lowest BCUT2D eigenvalue weighted by Crippen LogP contribution is -2.47. The number of hydrogen-bond donors (Lipinski definition) is 1. The summed E-state index contributed by atoms with van der Waals surface area (Å²) in [5.74, 6) is -0.0374. The Morgan fingerprint density at radius 2 is 1.63 bits per heavy atom. The van der Waals surface area contributed by atoms with Crippen LogP contribution in [0.3, 0.4) is 0 Å². The number of hydrogen-bond acceptors (Lipinski definition) is 3. The third-order valence-electron chi connectivity index (χ3n) is 5.99. The molecule has 1 saturated carbocycles. The summed E-state index contributed by atoms with van der Waals surface area (Å²) >= 11 is 0. The highest BCUT2D eigenvalue weighted by atomic mass is 16.2. The van der Waals surface area contributed by atoms with E-state index in [1.807, 2.05) is 65.6 Å². The fourth-order valence-corrected chi connectivity index (χ4v) is 4.01. The minimum Gasteiger partial charge on any atom is -0.334 e. The predicted molar refractivity (Wildman–Crippen MR) is 113 cm³/mol. The molecule has 0 radical (unpaired) electrons. The van der Waals surface area contributed by atoms with Crippen LogP contribution in [0.15, 0.2) is 60.7 Å². The number of rotatable bonds is 8. The van der Waals surface area contributed by atoms with Crippen molar-refractivity contribution in [1.29, 1.82) is 0 Å². The molecule has 156 valence electrons. The van der Waals surface area contributed by atoms with E-state index in [0.29, 0.717) is 18.9 Å². The third-order valence-corrected chi connectivity index (χ3v) is 5.99. The highest BCUT2D eigenvalue weighted by Gasteiger charge is 2.41. The van der Waals surface area contributed by atoms with Crippen LogP contribution in [0.25, 0.3) is 0 Å². The Morgan fingerprint density at radius 3 is 2.23 bits per heavy atom. The van der Waals surface area contributed by atoms with E-state index >= 15 is 0 Å². The molecule has 1 aliphatic heterocycles. The van der Waals surface area contributed by atoms with E-state index in [-0.39, 0.29) is 24.4 Å². The number of imide groups is 1. The van der Waals surface area contributed by atoms with Gasteiger partial charge in [0.15, 0.2) is 0 Å². The summed E-state index contributed by atoms with van der Waals surface area (Å²) < 4.78 is 0. The van der Waals surface area contributed by atoms with Crippen LogP contribution >= 0.6 is 0 Å². The quantitative estimate of drug-likeness (QED) is 0.687. The van der Waals surface area contributed by atoms with Crippen molar-refractivity contribution in [2.24, 2.45) is 5.92 Å². The first-order valence-corrected chi connectivity index (χ1v) is 10.5. The summed E-state index contributed by atoms with van der Waals surface area (Å²) in [4.78, 5) is 41.3. The maximum absolute atomic E-state index is 13.2. The van der Waals surface area contributed by atoms with E-state index in [2.05, 4.69) is 12.2 Å². The normalized spacial score (nSPS) is 19.5. The van der Waals surface area contributed by atoms with Crippen LogP contribution in [0, 0.1) is 5.92 Å². The molecule has 6 nitrogen and oxygen atoms in total.